The summed E-state index contributed by atoms with van der Waals surface area (Å²) in [6.07, 6.45) is 5.35. The standard InChI is InChI=1S/C18H18ClN5O2/c19-15-4-2-13(3-5-15)14-6-10-23(11-7-14)18-16(24(25)26)17(20-12-21-18)22-8-1-9-22/h2-6,12H,1,7-11H2. The first kappa shape index (κ1) is 16.8. The van der Waals surface area contributed by atoms with Gasteiger partial charge in [0.15, 0.2) is 0 Å². The molecule has 26 heavy (non-hydrogen) atoms. The van der Waals surface area contributed by atoms with Crippen molar-refractivity contribution >= 4 is 34.5 Å². The Labute approximate surface area is 156 Å². The van der Waals surface area contributed by atoms with Gasteiger partial charge >= 0.3 is 5.69 Å². The lowest BCUT2D eigenvalue weighted by Gasteiger charge is -2.33. The molecule has 0 N–H and O–H groups in total. The van der Waals surface area contributed by atoms with E-state index in [2.05, 4.69) is 16.0 Å². The molecule has 8 heteroatoms. The molecule has 2 aromatic rings. The number of rotatable bonds is 4. The van der Waals surface area contributed by atoms with E-state index in [1.165, 1.54) is 11.9 Å². The van der Waals surface area contributed by atoms with Gasteiger partial charge in [-0.1, -0.05) is 29.8 Å². The highest BCUT2D eigenvalue weighted by Gasteiger charge is 2.32. The third-order valence-corrected chi connectivity index (χ3v) is 5.10. The maximum absolute atomic E-state index is 11.7. The quantitative estimate of drug-likeness (QED) is 0.604. The van der Waals surface area contributed by atoms with Gasteiger partial charge in [-0.15, -0.1) is 0 Å². The van der Waals surface area contributed by atoms with Crippen LogP contribution in [0.2, 0.25) is 5.02 Å². The summed E-state index contributed by atoms with van der Waals surface area (Å²) in [5.74, 6) is 0.831. The maximum atomic E-state index is 11.7. The zero-order chi connectivity index (χ0) is 18.1. The van der Waals surface area contributed by atoms with Crippen LogP contribution in [0.25, 0.3) is 5.57 Å². The first-order valence-electron chi connectivity index (χ1n) is 8.58. The second-order valence-electron chi connectivity index (χ2n) is 6.40. The van der Waals surface area contributed by atoms with E-state index in [-0.39, 0.29) is 10.6 Å². The maximum Gasteiger partial charge on any atom is 0.353 e. The van der Waals surface area contributed by atoms with Crippen LogP contribution < -0.4 is 9.80 Å². The van der Waals surface area contributed by atoms with E-state index in [0.29, 0.717) is 29.7 Å². The summed E-state index contributed by atoms with van der Waals surface area (Å²) in [5.41, 5.74) is 2.36. The molecule has 1 aromatic heterocycles. The molecule has 134 valence electrons. The molecule has 7 nitrogen and oxygen atoms in total. The highest BCUT2D eigenvalue weighted by Crippen LogP contribution is 2.37. The molecule has 1 saturated heterocycles. The van der Waals surface area contributed by atoms with Crippen LogP contribution in [-0.4, -0.2) is 41.1 Å². The van der Waals surface area contributed by atoms with E-state index < -0.39 is 0 Å². The van der Waals surface area contributed by atoms with E-state index >= 15 is 0 Å². The molecule has 0 amide bonds. The first-order valence-corrected chi connectivity index (χ1v) is 8.95. The molecule has 0 atom stereocenters. The largest absolute Gasteiger partial charge is 0.353 e. The van der Waals surface area contributed by atoms with Crippen LogP contribution in [0.1, 0.15) is 18.4 Å². The van der Waals surface area contributed by atoms with E-state index in [4.69, 9.17) is 11.6 Å². The molecule has 0 saturated carbocycles. The Morgan fingerprint density at radius 1 is 1.04 bits per heavy atom. The van der Waals surface area contributed by atoms with Gasteiger partial charge in [0.1, 0.15) is 6.33 Å². The van der Waals surface area contributed by atoms with Crippen molar-refractivity contribution in [3.8, 4) is 0 Å². The minimum absolute atomic E-state index is 0.00976. The fraction of sp³-hybridized carbons (Fsp3) is 0.333. The number of nitro groups is 1. The highest BCUT2D eigenvalue weighted by molar-refractivity contribution is 6.30. The summed E-state index contributed by atoms with van der Waals surface area (Å²) < 4.78 is 0. The zero-order valence-electron chi connectivity index (χ0n) is 14.1. The SMILES string of the molecule is O=[N+]([O-])c1c(N2CC=C(c3ccc(Cl)cc3)CC2)ncnc1N1CCC1. The van der Waals surface area contributed by atoms with Crippen molar-refractivity contribution in [2.75, 3.05) is 36.0 Å². The van der Waals surface area contributed by atoms with Gasteiger partial charge in [0.25, 0.3) is 0 Å². The molecule has 4 rings (SSSR count). The molecule has 2 aliphatic heterocycles. The third-order valence-electron chi connectivity index (χ3n) is 4.85. The minimum Gasteiger partial charge on any atom is -0.351 e. The van der Waals surface area contributed by atoms with Crippen molar-refractivity contribution in [2.45, 2.75) is 12.8 Å². The Bertz CT molecular complexity index is 864. The molecule has 0 spiro atoms. The van der Waals surface area contributed by atoms with Gasteiger partial charge in [-0.05, 0) is 36.1 Å². The Kier molecular flexibility index (Phi) is 4.46. The topological polar surface area (TPSA) is 75.4 Å². The minimum atomic E-state index is -0.360. The summed E-state index contributed by atoms with van der Waals surface area (Å²) in [5, 5.41) is 12.4. The fourth-order valence-corrected chi connectivity index (χ4v) is 3.43. The summed E-state index contributed by atoms with van der Waals surface area (Å²) in [4.78, 5) is 23.6. The van der Waals surface area contributed by atoms with Gasteiger partial charge in [0, 0.05) is 31.2 Å². The zero-order valence-corrected chi connectivity index (χ0v) is 14.9. The number of hydrogen-bond acceptors (Lipinski definition) is 6. The second kappa shape index (κ2) is 6.92. The van der Waals surface area contributed by atoms with Crippen molar-refractivity contribution < 1.29 is 4.92 Å². The van der Waals surface area contributed by atoms with Crippen molar-refractivity contribution in [3.63, 3.8) is 0 Å². The Morgan fingerprint density at radius 2 is 1.73 bits per heavy atom. The Balaban J connectivity index is 1.61. The normalized spacial score (nSPS) is 16.9. The van der Waals surface area contributed by atoms with Gasteiger partial charge in [-0.3, -0.25) is 10.1 Å². The monoisotopic (exact) mass is 371 g/mol. The van der Waals surface area contributed by atoms with Crippen LogP contribution in [0.3, 0.4) is 0 Å². The summed E-state index contributed by atoms with van der Waals surface area (Å²) in [6.45, 7) is 2.86. The van der Waals surface area contributed by atoms with Crippen LogP contribution in [0.15, 0.2) is 36.7 Å². The van der Waals surface area contributed by atoms with Crippen molar-refractivity contribution in [2.24, 2.45) is 0 Å². The predicted molar refractivity (Wildman–Crippen MR) is 102 cm³/mol. The summed E-state index contributed by atoms with van der Waals surface area (Å²) >= 11 is 5.95. The van der Waals surface area contributed by atoms with E-state index in [9.17, 15) is 10.1 Å². The van der Waals surface area contributed by atoms with Crippen LogP contribution in [0.5, 0.6) is 0 Å². The number of nitrogens with zero attached hydrogens (tertiary/aromatic N) is 5. The Morgan fingerprint density at radius 3 is 2.27 bits per heavy atom. The second-order valence-corrected chi connectivity index (χ2v) is 6.84. The van der Waals surface area contributed by atoms with Gasteiger partial charge in [0.05, 0.1) is 4.92 Å². The molecular formula is C18H18ClN5O2. The summed E-state index contributed by atoms with van der Waals surface area (Å²) in [6, 6.07) is 7.75. The molecule has 3 heterocycles. The lowest BCUT2D eigenvalue weighted by Crippen LogP contribution is -2.38. The van der Waals surface area contributed by atoms with Crippen molar-refractivity contribution in [1.29, 1.82) is 0 Å². The van der Waals surface area contributed by atoms with Crippen LogP contribution >= 0.6 is 11.6 Å². The molecule has 0 bridgehead atoms. The lowest BCUT2D eigenvalue weighted by molar-refractivity contribution is -0.383. The van der Waals surface area contributed by atoms with E-state index in [1.807, 2.05) is 34.1 Å². The fourth-order valence-electron chi connectivity index (χ4n) is 3.30. The van der Waals surface area contributed by atoms with Crippen molar-refractivity contribution in [3.05, 3.63) is 57.4 Å². The number of halogens is 1. The smallest absolute Gasteiger partial charge is 0.351 e. The number of anilines is 2. The number of aromatic nitrogens is 2. The van der Waals surface area contributed by atoms with Crippen LogP contribution in [0.4, 0.5) is 17.3 Å². The molecule has 2 aliphatic rings. The van der Waals surface area contributed by atoms with Gasteiger partial charge in [-0.2, -0.15) is 0 Å². The van der Waals surface area contributed by atoms with Gasteiger partial charge in [0.2, 0.25) is 11.6 Å². The van der Waals surface area contributed by atoms with E-state index in [0.717, 1.165) is 31.5 Å². The Hall–Kier alpha value is -2.67. The lowest BCUT2D eigenvalue weighted by atomic mass is 9.99. The van der Waals surface area contributed by atoms with Crippen LogP contribution in [-0.2, 0) is 0 Å². The number of benzene rings is 1. The van der Waals surface area contributed by atoms with E-state index in [1.54, 1.807) is 0 Å². The van der Waals surface area contributed by atoms with Crippen molar-refractivity contribution in [1.82, 2.24) is 9.97 Å². The highest BCUT2D eigenvalue weighted by atomic mass is 35.5. The predicted octanol–water partition coefficient (Wildman–Crippen LogP) is 3.54. The molecule has 0 radical (unpaired) electrons. The number of hydrogen-bond donors (Lipinski definition) is 0. The molecule has 0 aliphatic carbocycles. The van der Waals surface area contributed by atoms with Gasteiger partial charge in [-0.25, -0.2) is 9.97 Å². The molecule has 1 aromatic carbocycles. The average molecular weight is 372 g/mol. The molecular weight excluding hydrogens is 354 g/mol. The average Bonchev–Trinajstić information content (AvgIpc) is 2.61. The third kappa shape index (κ3) is 3.10. The first-order chi connectivity index (χ1) is 12.6. The molecule has 0 unspecified atom stereocenters. The van der Waals surface area contributed by atoms with Gasteiger partial charge < -0.3 is 9.80 Å². The molecule has 1 fully saturated rings. The summed E-state index contributed by atoms with van der Waals surface area (Å²) in [7, 11) is 0. The van der Waals surface area contributed by atoms with Crippen LogP contribution in [0, 0.1) is 10.1 Å².